The number of hydrogen-bond donors (Lipinski definition) is 0. The first-order valence-corrected chi connectivity index (χ1v) is 15.8. The van der Waals surface area contributed by atoms with Gasteiger partial charge in [-0.3, -0.25) is 9.10 Å². The third kappa shape index (κ3) is 8.00. The largest absolute Gasteiger partial charge is 0.489 e. The van der Waals surface area contributed by atoms with Gasteiger partial charge in [-0.05, 0) is 68.5 Å². The Kier molecular flexibility index (Phi) is 10.5. The van der Waals surface area contributed by atoms with Gasteiger partial charge in [0.25, 0.3) is 0 Å². The second-order valence-corrected chi connectivity index (χ2v) is 12.4. The third-order valence-electron chi connectivity index (χ3n) is 7.35. The highest BCUT2D eigenvalue weighted by Crippen LogP contribution is 2.33. The number of ether oxygens (including phenoxy) is 2. The molecule has 2 aromatic carbocycles. The van der Waals surface area contributed by atoms with Crippen molar-refractivity contribution in [1.29, 1.82) is 5.26 Å². The molecule has 0 unspecified atom stereocenters. The molecule has 2 aromatic rings. The van der Waals surface area contributed by atoms with Crippen LogP contribution in [0.2, 0.25) is 5.02 Å². The third-order valence-corrected chi connectivity index (χ3v) is 9.28. The Morgan fingerprint density at radius 1 is 1.15 bits per heavy atom. The lowest BCUT2D eigenvalue weighted by Crippen LogP contribution is -2.43. The lowest BCUT2D eigenvalue weighted by Gasteiger charge is -2.36. The summed E-state index contributed by atoms with van der Waals surface area (Å²) in [4.78, 5) is 14.7. The molecule has 10 heteroatoms. The molecule has 1 heterocycles. The van der Waals surface area contributed by atoms with Crippen molar-refractivity contribution in [1.82, 2.24) is 4.90 Å². The van der Waals surface area contributed by atoms with E-state index in [1.165, 1.54) is 25.7 Å². The topological polar surface area (TPSA) is 99.9 Å². The predicted octanol–water partition coefficient (Wildman–Crippen LogP) is 5.41. The molecule has 0 spiro atoms. The maximum Gasteiger partial charge on any atom is 0.323 e. The first-order chi connectivity index (χ1) is 19.3. The average molecular weight is 586 g/mol. The highest BCUT2D eigenvalue weighted by molar-refractivity contribution is 7.93. The molecule has 2 aliphatic rings. The van der Waals surface area contributed by atoms with Crippen molar-refractivity contribution < 1.29 is 22.7 Å². The van der Waals surface area contributed by atoms with Gasteiger partial charge >= 0.3 is 5.97 Å². The van der Waals surface area contributed by atoms with E-state index in [2.05, 4.69) is 11.0 Å². The van der Waals surface area contributed by atoms with Crippen LogP contribution in [-0.4, -0.2) is 63.4 Å². The maximum atomic E-state index is 13.3. The summed E-state index contributed by atoms with van der Waals surface area (Å²) in [5.41, 5.74) is 1.57. The summed E-state index contributed by atoms with van der Waals surface area (Å²) in [7, 11) is -4.09. The maximum absolute atomic E-state index is 13.3. The SMILES string of the molecule is CCOC(=O)CS(=O)(=O)N(CC=Cc1cccc(C#N)c1)c1ccc(OC2CCN(C3CCCC3)CC2)c(Cl)c1. The number of sulfonamides is 1. The molecule has 1 saturated heterocycles. The van der Waals surface area contributed by atoms with Crippen molar-refractivity contribution in [3.63, 3.8) is 0 Å². The second kappa shape index (κ2) is 14.0. The molecule has 4 rings (SSSR count). The molecule has 8 nitrogen and oxygen atoms in total. The number of esters is 1. The van der Waals surface area contributed by atoms with Crippen molar-refractivity contribution in [3.8, 4) is 11.8 Å². The molecule has 2 fully saturated rings. The number of carbonyl (C=O) groups excluding carboxylic acids is 1. The Morgan fingerprint density at radius 2 is 1.90 bits per heavy atom. The molecule has 0 atom stereocenters. The van der Waals surface area contributed by atoms with Crippen LogP contribution in [0.25, 0.3) is 6.08 Å². The quantitative estimate of drug-likeness (QED) is 0.325. The molecule has 0 aromatic heterocycles. The summed E-state index contributed by atoms with van der Waals surface area (Å²) in [5, 5.41) is 9.44. The number of likely N-dealkylation sites (tertiary alicyclic amines) is 1. The number of halogens is 1. The number of anilines is 1. The standard InChI is InChI=1S/C30H36ClN3O5S/c1-2-38-30(35)22-40(36,37)34(16-6-9-23-7-5-8-24(19-23)21-32)26-12-13-29(28(31)20-26)39-27-14-17-33(18-15-27)25-10-3-4-11-25/h5-9,12-13,19-20,25,27H,2-4,10-11,14-18,22H2,1H3. The zero-order valence-corrected chi connectivity index (χ0v) is 24.4. The van der Waals surface area contributed by atoms with Gasteiger partial charge in [-0.15, -0.1) is 0 Å². The van der Waals surface area contributed by atoms with Crippen molar-refractivity contribution >= 4 is 39.4 Å². The van der Waals surface area contributed by atoms with Gasteiger partial charge in [0, 0.05) is 19.1 Å². The number of rotatable bonds is 11. The van der Waals surface area contributed by atoms with E-state index in [0.717, 1.165) is 35.8 Å². The van der Waals surface area contributed by atoms with Crippen molar-refractivity contribution in [2.75, 3.05) is 36.3 Å². The van der Waals surface area contributed by atoms with E-state index in [0.29, 0.717) is 28.1 Å². The summed E-state index contributed by atoms with van der Waals surface area (Å²) in [5.74, 6) is -1.11. The van der Waals surface area contributed by atoms with Crippen molar-refractivity contribution in [3.05, 3.63) is 64.7 Å². The fourth-order valence-corrected chi connectivity index (χ4v) is 6.86. The van der Waals surface area contributed by atoms with Crippen molar-refractivity contribution in [2.45, 2.75) is 57.6 Å². The molecule has 40 heavy (non-hydrogen) atoms. The van der Waals surface area contributed by atoms with Gasteiger partial charge in [0.1, 0.15) is 11.9 Å². The zero-order chi connectivity index (χ0) is 28.5. The Morgan fingerprint density at radius 3 is 2.58 bits per heavy atom. The number of hydrogen-bond acceptors (Lipinski definition) is 7. The summed E-state index contributed by atoms with van der Waals surface area (Å²) in [6.07, 6.45) is 10.5. The normalized spacial score (nSPS) is 17.1. The summed E-state index contributed by atoms with van der Waals surface area (Å²) in [6.45, 7) is 3.68. The smallest absolute Gasteiger partial charge is 0.323 e. The molecule has 0 N–H and O–H groups in total. The number of carbonyl (C=O) groups is 1. The van der Waals surface area contributed by atoms with Gasteiger partial charge in [-0.25, -0.2) is 8.42 Å². The summed E-state index contributed by atoms with van der Waals surface area (Å²) >= 11 is 6.60. The first kappa shape index (κ1) is 29.9. The van der Waals surface area contributed by atoms with Crippen LogP contribution in [-0.2, 0) is 19.6 Å². The summed E-state index contributed by atoms with van der Waals surface area (Å²) < 4.78 is 38.8. The van der Waals surface area contributed by atoms with Crippen LogP contribution in [0.5, 0.6) is 5.75 Å². The molecular weight excluding hydrogens is 550 g/mol. The van der Waals surface area contributed by atoms with E-state index < -0.39 is 21.7 Å². The molecule has 1 aliphatic carbocycles. The van der Waals surface area contributed by atoms with Gasteiger partial charge in [0.2, 0.25) is 10.0 Å². The van der Waals surface area contributed by atoms with Gasteiger partial charge < -0.3 is 14.4 Å². The molecule has 0 radical (unpaired) electrons. The lowest BCUT2D eigenvalue weighted by molar-refractivity contribution is -0.139. The number of piperidine rings is 1. The van der Waals surface area contributed by atoms with E-state index in [-0.39, 0.29) is 19.3 Å². The van der Waals surface area contributed by atoms with Gasteiger partial charge in [0.05, 0.1) is 35.5 Å². The van der Waals surface area contributed by atoms with Crippen LogP contribution < -0.4 is 9.04 Å². The predicted molar refractivity (Wildman–Crippen MR) is 157 cm³/mol. The molecule has 1 saturated carbocycles. The average Bonchev–Trinajstić information content (AvgIpc) is 3.48. The van der Waals surface area contributed by atoms with Crippen LogP contribution in [0, 0.1) is 11.3 Å². The van der Waals surface area contributed by atoms with Crippen LogP contribution in [0.1, 0.15) is 56.6 Å². The highest BCUT2D eigenvalue weighted by Gasteiger charge is 2.29. The fraction of sp³-hybridized carbons (Fsp3) is 0.467. The van der Waals surface area contributed by atoms with Crippen LogP contribution in [0.15, 0.2) is 48.5 Å². The molecule has 0 amide bonds. The number of benzene rings is 2. The Labute approximate surface area is 242 Å². The fourth-order valence-electron chi connectivity index (χ4n) is 5.35. The van der Waals surface area contributed by atoms with Gasteiger partial charge in [-0.1, -0.05) is 48.7 Å². The Bertz CT molecular complexity index is 1340. The highest BCUT2D eigenvalue weighted by atomic mass is 35.5. The van der Waals surface area contributed by atoms with Crippen molar-refractivity contribution in [2.24, 2.45) is 0 Å². The van der Waals surface area contributed by atoms with E-state index >= 15 is 0 Å². The number of nitriles is 1. The van der Waals surface area contributed by atoms with Crippen LogP contribution in [0.4, 0.5) is 5.69 Å². The lowest BCUT2D eigenvalue weighted by atomic mass is 10.0. The van der Waals surface area contributed by atoms with Crippen LogP contribution >= 0.6 is 11.6 Å². The molecule has 0 bridgehead atoms. The van der Waals surface area contributed by atoms with E-state index in [1.807, 2.05) is 6.07 Å². The monoisotopic (exact) mass is 585 g/mol. The second-order valence-electron chi connectivity index (χ2n) is 10.1. The van der Waals surface area contributed by atoms with Gasteiger partial charge in [0.15, 0.2) is 5.75 Å². The zero-order valence-electron chi connectivity index (χ0n) is 22.8. The van der Waals surface area contributed by atoms with Crippen LogP contribution in [0.3, 0.4) is 0 Å². The number of nitrogens with zero attached hydrogens (tertiary/aromatic N) is 3. The van der Waals surface area contributed by atoms with E-state index in [4.69, 9.17) is 26.3 Å². The molecule has 214 valence electrons. The van der Waals surface area contributed by atoms with Gasteiger partial charge in [-0.2, -0.15) is 5.26 Å². The van der Waals surface area contributed by atoms with E-state index in [1.54, 1.807) is 55.5 Å². The minimum absolute atomic E-state index is 0.0469. The first-order valence-electron chi connectivity index (χ1n) is 13.8. The Hall–Kier alpha value is -3.06. The summed E-state index contributed by atoms with van der Waals surface area (Å²) in [6, 6.07) is 14.6. The van der Waals surface area contributed by atoms with E-state index in [9.17, 15) is 13.2 Å². The Balaban J connectivity index is 1.48. The minimum Gasteiger partial charge on any atom is -0.489 e. The molecular formula is C30H36ClN3O5S. The molecule has 1 aliphatic heterocycles. The minimum atomic E-state index is -4.09.